The Morgan fingerprint density at radius 1 is 1.12 bits per heavy atom. The lowest BCUT2D eigenvalue weighted by atomic mass is 10.1. The van der Waals surface area contributed by atoms with Gasteiger partial charge in [0.25, 0.3) is 5.91 Å². The van der Waals surface area contributed by atoms with Gasteiger partial charge in [-0.05, 0) is 24.3 Å². The van der Waals surface area contributed by atoms with E-state index in [1.807, 2.05) is 17.5 Å². The lowest BCUT2D eigenvalue weighted by molar-refractivity contribution is 0.102. The zero-order chi connectivity index (χ0) is 16.9. The van der Waals surface area contributed by atoms with Crippen molar-refractivity contribution in [1.82, 2.24) is 9.97 Å². The molecule has 122 valence electrons. The maximum Gasteiger partial charge on any atom is 0.261 e. The Bertz CT molecular complexity index is 849. The van der Waals surface area contributed by atoms with E-state index >= 15 is 0 Å². The number of ether oxygens (including phenoxy) is 2. The number of pyridine rings is 1. The second-order valence-electron chi connectivity index (χ2n) is 4.77. The number of anilines is 1. The van der Waals surface area contributed by atoms with Crippen LogP contribution in [0.5, 0.6) is 11.5 Å². The summed E-state index contributed by atoms with van der Waals surface area (Å²) in [5.41, 5.74) is 2.12. The van der Waals surface area contributed by atoms with Gasteiger partial charge >= 0.3 is 0 Å². The number of amides is 1. The van der Waals surface area contributed by atoms with Gasteiger partial charge in [-0.1, -0.05) is 6.07 Å². The maximum atomic E-state index is 12.5. The van der Waals surface area contributed by atoms with Crippen molar-refractivity contribution in [2.75, 3.05) is 19.5 Å². The van der Waals surface area contributed by atoms with Crippen molar-refractivity contribution in [3.8, 4) is 22.8 Å². The molecule has 0 atom stereocenters. The quantitative estimate of drug-likeness (QED) is 0.769. The van der Waals surface area contributed by atoms with Crippen LogP contribution in [0.1, 0.15) is 10.4 Å². The van der Waals surface area contributed by atoms with Gasteiger partial charge in [0.1, 0.15) is 0 Å². The summed E-state index contributed by atoms with van der Waals surface area (Å²) in [5, 5.41) is 5.19. The topological polar surface area (TPSA) is 73.3 Å². The summed E-state index contributed by atoms with van der Waals surface area (Å²) < 4.78 is 10.5. The van der Waals surface area contributed by atoms with E-state index in [1.165, 1.54) is 25.6 Å². The highest BCUT2D eigenvalue weighted by Gasteiger charge is 2.17. The van der Waals surface area contributed by atoms with E-state index in [2.05, 4.69) is 15.3 Å². The van der Waals surface area contributed by atoms with Gasteiger partial charge in [0, 0.05) is 23.3 Å². The van der Waals surface area contributed by atoms with Gasteiger partial charge in [-0.15, -0.1) is 11.3 Å². The molecule has 0 saturated heterocycles. The monoisotopic (exact) mass is 341 g/mol. The Labute approximate surface area is 143 Å². The first-order valence-electron chi connectivity index (χ1n) is 7.11. The van der Waals surface area contributed by atoms with Crippen LogP contribution in [-0.2, 0) is 0 Å². The molecule has 0 aliphatic heterocycles. The SMILES string of the molecule is COc1cccc(C(=O)Nc2nc(-c3ccncc3)cs2)c1OC. The van der Waals surface area contributed by atoms with E-state index in [0.29, 0.717) is 22.2 Å². The Hall–Kier alpha value is -2.93. The minimum atomic E-state index is -0.304. The maximum absolute atomic E-state index is 12.5. The summed E-state index contributed by atoms with van der Waals surface area (Å²) in [6.07, 6.45) is 3.40. The van der Waals surface area contributed by atoms with Crippen molar-refractivity contribution in [2.24, 2.45) is 0 Å². The Morgan fingerprint density at radius 3 is 2.62 bits per heavy atom. The Morgan fingerprint density at radius 2 is 1.92 bits per heavy atom. The molecule has 1 aromatic carbocycles. The molecule has 0 aliphatic carbocycles. The van der Waals surface area contributed by atoms with Crippen LogP contribution in [0.3, 0.4) is 0 Å². The normalized spacial score (nSPS) is 10.2. The molecule has 7 heteroatoms. The largest absolute Gasteiger partial charge is 0.493 e. The van der Waals surface area contributed by atoms with Crippen LogP contribution < -0.4 is 14.8 Å². The molecule has 0 spiro atoms. The number of thiazole rings is 1. The Balaban J connectivity index is 1.82. The van der Waals surface area contributed by atoms with E-state index in [0.717, 1.165) is 11.3 Å². The van der Waals surface area contributed by atoms with Crippen molar-refractivity contribution in [2.45, 2.75) is 0 Å². The van der Waals surface area contributed by atoms with E-state index in [4.69, 9.17) is 9.47 Å². The highest BCUT2D eigenvalue weighted by atomic mass is 32.1. The third-order valence-corrected chi connectivity index (χ3v) is 4.11. The number of nitrogens with zero attached hydrogens (tertiary/aromatic N) is 2. The number of carbonyl (C=O) groups is 1. The van der Waals surface area contributed by atoms with Crippen LogP contribution in [0, 0.1) is 0 Å². The van der Waals surface area contributed by atoms with Crippen LogP contribution in [0.15, 0.2) is 48.1 Å². The molecule has 1 N–H and O–H groups in total. The smallest absolute Gasteiger partial charge is 0.261 e. The van der Waals surface area contributed by atoms with Crippen molar-refractivity contribution in [1.29, 1.82) is 0 Å². The average molecular weight is 341 g/mol. The standard InChI is InChI=1S/C17H15N3O3S/c1-22-14-5-3-4-12(15(14)23-2)16(21)20-17-19-13(10-24-17)11-6-8-18-9-7-11/h3-10H,1-2H3,(H,19,20,21). The molecule has 3 rings (SSSR count). The van der Waals surface area contributed by atoms with Gasteiger partial charge in [0.15, 0.2) is 16.6 Å². The van der Waals surface area contributed by atoms with Gasteiger partial charge in [-0.3, -0.25) is 15.1 Å². The summed E-state index contributed by atoms with van der Waals surface area (Å²) >= 11 is 1.36. The summed E-state index contributed by atoms with van der Waals surface area (Å²) in [4.78, 5) is 20.9. The summed E-state index contributed by atoms with van der Waals surface area (Å²) in [5.74, 6) is 0.589. The second-order valence-corrected chi connectivity index (χ2v) is 5.63. The first kappa shape index (κ1) is 15.9. The molecular formula is C17H15N3O3S. The van der Waals surface area contributed by atoms with Gasteiger partial charge in [0.05, 0.1) is 25.5 Å². The third kappa shape index (κ3) is 3.21. The van der Waals surface area contributed by atoms with Gasteiger partial charge < -0.3 is 9.47 Å². The molecule has 6 nitrogen and oxygen atoms in total. The van der Waals surface area contributed by atoms with Crippen LogP contribution in [0.2, 0.25) is 0 Å². The number of hydrogen-bond acceptors (Lipinski definition) is 6. The van der Waals surface area contributed by atoms with E-state index in [1.54, 1.807) is 30.6 Å². The molecule has 0 bridgehead atoms. The number of benzene rings is 1. The number of nitrogens with one attached hydrogen (secondary N) is 1. The predicted octanol–water partition coefficient (Wildman–Crippen LogP) is 3.47. The first-order valence-corrected chi connectivity index (χ1v) is 7.99. The number of rotatable bonds is 5. The summed E-state index contributed by atoms with van der Waals surface area (Å²) in [6.45, 7) is 0. The molecule has 0 radical (unpaired) electrons. The molecule has 3 aromatic rings. The van der Waals surface area contributed by atoms with E-state index in [9.17, 15) is 4.79 Å². The molecule has 2 aromatic heterocycles. The number of para-hydroxylation sites is 1. The van der Waals surface area contributed by atoms with Crippen molar-refractivity contribution in [3.05, 3.63) is 53.7 Å². The van der Waals surface area contributed by atoms with Gasteiger partial charge in [-0.2, -0.15) is 0 Å². The van der Waals surface area contributed by atoms with Crippen molar-refractivity contribution < 1.29 is 14.3 Å². The highest BCUT2D eigenvalue weighted by molar-refractivity contribution is 7.14. The van der Waals surface area contributed by atoms with Crippen LogP contribution in [0.4, 0.5) is 5.13 Å². The second kappa shape index (κ2) is 7.10. The molecule has 0 aliphatic rings. The zero-order valence-corrected chi connectivity index (χ0v) is 14.0. The fourth-order valence-corrected chi connectivity index (χ4v) is 2.93. The summed E-state index contributed by atoms with van der Waals surface area (Å²) in [7, 11) is 3.03. The average Bonchev–Trinajstić information content (AvgIpc) is 3.10. The van der Waals surface area contributed by atoms with E-state index in [-0.39, 0.29) is 5.91 Å². The lowest BCUT2D eigenvalue weighted by Gasteiger charge is -2.11. The van der Waals surface area contributed by atoms with Crippen LogP contribution in [-0.4, -0.2) is 30.1 Å². The summed E-state index contributed by atoms with van der Waals surface area (Å²) in [6, 6.07) is 8.88. The minimum absolute atomic E-state index is 0.304. The highest BCUT2D eigenvalue weighted by Crippen LogP contribution is 2.32. The number of aromatic nitrogens is 2. The number of carbonyl (C=O) groups excluding carboxylic acids is 1. The first-order chi connectivity index (χ1) is 11.7. The molecule has 0 fully saturated rings. The van der Waals surface area contributed by atoms with Crippen LogP contribution >= 0.6 is 11.3 Å². The molecule has 2 heterocycles. The van der Waals surface area contributed by atoms with Gasteiger partial charge in [0.2, 0.25) is 0 Å². The predicted molar refractivity (Wildman–Crippen MR) is 92.8 cm³/mol. The fraction of sp³-hybridized carbons (Fsp3) is 0.118. The molecule has 0 unspecified atom stereocenters. The van der Waals surface area contributed by atoms with Crippen molar-refractivity contribution >= 4 is 22.4 Å². The van der Waals surface area contributed by atoms with E-state index < -0.39 is 0 Å². The third-order valence-electron chi connectivity index (χ3n) is 3.35. The minimum Gasteiger partial charge on any atom is -0.493 e. The molecule has 0 saturated carbocycles. The molecular weight excluding hydrogens is 326 g/mol. The van der Waals surface area contributed by atoms with Crippen LogP contribution in [0.25, 0.3) is 11.3 Å². The van der Waals surface area contributed by atoms with Gasteiger partial charge in [-0.25, -0.2) is 4.98 Å². The Kier molecular flexibility index (Phi) is 4.72. The van der Waals surface area contributed by atoms with Crippen molar-refractivity contribution in [3.63, 3.8) is 0 Å². The molecule has 1 amide bonds. The zero-order valence-electron chi connectivity index (χ0n) is 13.1. The lowest BCUT2D eigenvalue weighted by Crippen LogP contribution is -2.13. The molecule has 24 heavy (non-hydrogen) atoms. The fourth-order valence-electron chi connectivity index (χ4n) is 2.22. The number of hydrogen-bond donors (Lipinski definition) is 1. The number of methoxy groups -OCH3 is 2.